The molecular weight excluding hydrogens is 368 g/mol. The molecule has 0 saturated heterocycles. The number of allylic oxidation sites excluding steroid dienone is 1. The maximum Gasteiger partial charge on any atom is 0.268 e. The lowest BCUT2D eigenvalue weighted by Gasteiger charge is -2.03. The normalized spacial score (nSPS) is 12.2. The third kappa shape index (κ3) is 25.6. The van der Waals surface area contributed by atoms with Gasteiger partial charge in [-0.2, -0.15) is 8.42 Å². The second-order valence-electron chi connectivity index (χ2n) is 8.37. The van der Waals surface area contributed by atoms with Crippen LogP contribution in [0.2, 0.25) is 0 Å². The minimum absolute atomic E-state index is 0.258. The maximum absolute atomic E-state index is 10.5. The van der Waals surface area contributed by atoms with Crippen molar-refractivity contribution < 1.29 is 13.0 Å². The van der Waals surface area contributed by atoms with E-state index in [-0.39, 0.29) is 5.75 Å². The molecule has 0 fully saturated rings. The molecule has 0 spiro atoms. The summed E-state index contributed by atoms with van der Waals surface area (Å²) in [6.45, 7) is 2.28. The molecule has 168 valence electrons. The molecule has 28 heavy (non-hydrogen) atoms. The average Bonchev–Trinajstić information content (AvgIpc) is 2.65. The summed E-state index contributed by atoms with van der Waals surface area (Å²) < 4.78 is 29.7. The number of hydrogen-bond donors (Lipinski definition) is 1. The van der Waals surface area contributed by atoms with Gasteiger partial charge >= 0.3 is 0 Å². The second-order valence-corrected chi connectivity index (χ2v) is 9.87. The Morgan fingerprint density at radius 3 is 1.18 bits per heavy atom. The van der Waals surface area contributed by atoms with Gasteiger partial charge < -0.3 is 0 Å². The van der Waals surface area contributed by atoms with Crippen molar-refractivity contribution >= 4 is 10.1 Å². The first-order valence-corrected chi connectivity index (χ1v) is 13.8. The molecule has 0 atom stereocenters. The molecule has 0 aliphatic carbocycles. The van der Waals surface area contributed by atoms with Gasteiger partial charge in [-0.05, 0) is 12.8 Å². The highest BCUT2D eigenvalue weighted by atomic mass is 32.2. The summed E-state index contributed by atoms with van der Waals surface area (Å²) in [6, 6.07) is 0. The van der Waals surface area contributed by atoms with E-state index in [0.717, 1.165) is 12.8 Å². The van der Waals surface area contributed by atoms with Crippen molar-refractivity contribution in [1.29, 1.82) is 0 Å². The van der Waals surface area contributed by atoms with Crippen LogP contribution in [0.15, 0.2) is 12.2 Å². The first-order chi connectivity index (χ1) is 13.6. The summed E-state index contributed by atoms with van der Waals surface area (Å²) >= 11 is 0. The Morgan fingerprint density at radius 1 is 0.536 bits per heavy atom. The molecule has 0 heterocycles. The van der Waals surface area contributed by atoms with Crippen LogP contribution in [0.25, 0.3) is 0 Å². The molecular formula is C24H48O3S. The topological polar surface area (TPSA) is 54.4 Å². The molecule has 0 amide bonds. The molecule has 0 rings (SSSR count). The van der Waals surface area contributed by atoms with Crippen molar-refractivity contribution in [2.24, 2.45) is 0 Å². The third-order valence-electron chi connectivity index (χ3n) is 5.45. The molecule has 0 aliphatic heterocycles. The van der Waals surface area contributed by atoms with E-state index in [4.69, 9.17) is 4.55 Å². The zero-order valence-corrected chi connectivity index (χ0v) is 19.5. The van der Waals surface area contributed by atoms with Gasteiger partial charge in [0.25, 0.3) is 10.1 Å². The van der Waals surface area contributed by atoms with Crippen molar-refractivity contribution in [2.75, 3.05) is 5.75 Å². The van der Waals surface area contributed by atoms with Gasteiger partial charge in [0.15, 0.2) is 0 Å². The van der Waals surface area contributed by atoms with Gasteiger partial charge in [0.2, 0.25) is 0 Å². The third-order valence-corrected chi connectivity index (χ3v) is 6.06. The first kappa shape index (κ1) is 27.6. The smallest absolute Gasteiger partial charge is 0.268 e. The van der Waals surface area contributed by atoms with E-state index in [1.165, 1.54) is 116 Å². The second kappa shape index (κ2) is 21.4. The van der Waals surface area contributed by atoms with Crippen molar-refractivity contribution in [3.63, 3.8) is 0 Å². The van der Waals surface area contributed by atoms with E-state index in [9.17, 15) is 8.42 Å². The Labute approximate surface area is 176 Å². The zero-order valence-electron chi connectivity index (χ0n) is 18.7. The van der Waals surface area contributed by atoms with Crippen molar-refractivity contribution in [1.82, 2.24) is 0 Å². The fraction of sp³-hybridized carbons (Fsp3) is 0.917. The van der Waals surface area contributed by atoms with E-state index in [1.54, 1.807) is 6.08 Å². The molecule has 0 aliphatic rings. The molecule has 0 aromatic heterocycles. The number of hydrogen-bond acceptors (Lipinski definition) is 2. The predicted octanol–water partition coefficient (Wildman–Crippen LogP) is 8.25. The van der Waals surface area contributed by atoms with Crippen LogP contribution in [-0.2, 0) is 10.1 Å². The Morgan fingerprint density at radius 2 is 0.857 bits per heavy atom. The molecule has 0 radical (unpaired) electrons. The fourth-order valence-electron chi connectivity index (χ4n) is 3.65. The van der Waals surface area contributed by atoms with Crippen LogP contribution in [0, 0.1) is 0 Å². The summed E-state index contributed by atoms with van der Waals surface area (Å²) in [5.41, 5.74) is 0. The van der Waals surface area contributed by atoms with Crippen molar-refractivity contribution in [3.05, 3.63) is 12.2 Å². The monoisotopic (exact) mass is 416 g/mol. The molecule has 0 aromatic carbocycles. The van der Waals surface area contributed by atoms with E-state index >= 15 is 0 Å². The van der Waals surface area contributed by atoms with Gasteiger partial charge in [-0.3, -0.25) is 4.55 Å². The average molecular weight is 417 g/mol. The Balaban J connectivity index is 3.08. The van der Waals surface area contributed by atoms with E-state index in [1.807, 2.05) is 6.08 Å². The minimum atomic E-state index is -3.84. The highest BCUT2D eigenvalue weighted by Crippen LogP contribution is 2.14. The summed E-state index contributed by atoms with van der Waals surface area (Å²) in [5, 5.41) is 0. The predicted molar refractivity (Wildman–Crippen MR) is 124 cm³/mol. The van der Waals surface area contributed by atoms with E-state index in [2.05, 4.69) is 6.92 Å². The molecule has 4 heteroatoms. The first-order valence-electron chi connectivity index (χ1n) is 12.2. The van der Waals surface area contributed by atoms with E-state index in [0.29, 0.717) is 0 Å². The van der Waals surface area contributed by atoms with Crippen LogP contribution < -0.4 is 0 Å². The van der Waals surface area contributed by atoms with Gasteiger partial charge in [0.05, 0.1) is 5.75 Å². The van der Waals surface area contributed by atoms with Crippen LogP contribution in [-0.4, -0.2) is 18.7 Å². The standard InChI is InChI=1S/C24H48O3S/c1-2-3-4-5-6-7-8-9-10-11-12-13-14-15-16-17-18-19-20-21-22-23-24-28(25,26)27/h22-23H,2-21,24H2,1H3,(H,25,26,27). The van der Waals surface area contributed by atoms with Crippen LogP contribution >= 0.6 is 0 Å². The molecule has 0 aromatic rings. The Bertz CT molecular complexity index is 429. The van der Waals surface area contributed by atoms with Gasteiger partial charge in [0.1, 0.15) is 0 Å². The summed E-state index contributed by atoms with van der Waals surface area (Å²) in [4.78, 5) is 0. The molecule has 0 bridgehead atoms. The Kier molecular flexibility index (Phi) is 21.1. The highest BCUT2D eigenvalue weighted by Gasteiger charge is 1.98. The SMILES string of the molecule is CCCCCCCCCCCCCCCCCCCCCC=CCS(=O)(=O)O. The minimum Gasteiger partial charge on any atom is -0.285 e. The van der Waals surface area contributed by atoms with Crippen molar-refractivity contribution in [3.8, 4) is 0 Å². The molecule has 0 unspecified atom stereocenters. The summed E-state index contributed by atoms with van der Waals surface area (Å²) in [5.74, 6) is -0.258. The van der Waals surface area contributed by atoms with Gasteiger partial charge in [-0.1, -0.05) is 135 Å². The van der Waals surface area contributed by atoms with Gasteiger partial charge in [0, 0.05) is 0 Å². The molecule has 3 nitrogen and oxygen atoms in total. The largest absolute Gasteiger partial charge is 0.285 e. The molecule has 1 N–H and O–H groups in total. The van der Waals surface area contributed by atoms with E-state index < -0.39 is 10.1 Å². The highest BCUT2D eigenvalue weighted by molar-refractivity contribution is 7.85. The number of rotatable bonds is 22. The quantitative estimate of drug-likeness (QED) is 0.110. The fourth-order valence-corrected chi connectivity index (χ4v) is 4.03. The van der Waals surface area contributed by atoms with Crippen LogP contribution in [0.3, 0.4) is 0 Å². The lowest BCUT2D eigenvalue weighted by molar-refractivity contribution is 0.486. The maximum atomic E-state index is 10.5. The number of unbranched alkanes of at least 4 members (excludes halogenated alkanes) is 19. The van der Waals surface area contributed by atoms with Crippen molar-refractivity contribution in [2.45, 2.75) is 135 Å². The summed E-state index contributed by atoms with van der Waals surface area (Å²) in [7, 11) is -3.84. The van der Waals surface area contributed by atoms with Crippen LogP contribution in [0.5, 0.6) is 0 Å². The zero-order chi connectivity index (χ0) is 20.8. The lowest BCUT2D eigenvalue weighted by atomic mass is 10.0. The molecule has 0 saturated carbocycles. The van der Waals surface area contributed by atoms with Crippen LogP contribution in [0.1, 0.15) is 135 Å². The van der Waals surface area contributed by atoms with Gasteiger partial charge in [-0.25, -0.2) is 0 Å². The Hall–Kier alpha value is -0.350. The lowest BCUT2D eigenvalue weighted by Crippen LogP contribution is -1.99. The van der Waals surface area contributed by atoms with Gasteiger partial charge in [-0.15, -0.1) is 0 Å². The van der Waals surface area contributed by atoms with Crippen LogP contribution in [0.4, 0.5) is 0 Å². The summed E-state index contributed by atoms with van der Waals surface area (Å²) in [6.07, 6.45) is 30.5.